The Kier molecular flexibility index (Phi) is 3.75. The summed E-state index contributed by atoms with van der Waals surface area (Å²) in [5, 5.41) is 0.890. The number of hydrogen-bond donors (Lipinski definition) is 0. The summed E-state index contributed by atoms with van der Waals surface area (Å²) in [5.41, 5.74) is 0.884. The molecule has 22 heavy (non-hydrogen) atoms. The lowest BCUT2D eigenvalue weighted by atomic mass is 9.62. The number of fused-ring (bicyclic) bond motifs is 1. The van der Waals surface area contributed by atoms with Crippen molar-refractivity contribution in [2.75, 3.05) is 0 Å². The second kappa shape index (κ2) is 5.86. The Morgan fingerprint density at radius 1 is 1.05 bits per heavy atom. The zero-order valence-electron chi connectivity index (χ0n) is 11.5. The van der Waals surface area contributed by atoms with Gasteiger partial charge in [0.05, 0.1) is 0 Å². The van der Waals surface area contributed by atoms with E-state index in [9.17, 15) is 8.78 Å². The summed E-state index contributed by atoms with van der Waals surface area (Å²) in [6, 6.07) is 12.2. The number of aromatic nitrogens is 1. The number of halogens is 2. The molecule has 0 saturated carbocycles. The van der Waals surface area contributed by atoms with Crippen molar-refractivity contribution in [3.05, 3.63) is 66.4 Å². The first kappa shape index (κ1) is 14.1. The topological polar surface area (TPSA) is 22.1 Å². The number of rotatable bonds is 3. The highest BCUT2D eigenvalue weighted by atomic mass is 19.1. The van der Waals surface area contributed by atoms with Crippen LogP contribution in [-0.2, 0) is 0 Å². The Bertz CT molecular complexity index is 850. The largest absolute Gasteiger partial charge is 0.544 e. The van der Waals surface area contributed by atoms with Crippen molar-refractivity contribution in [3.8, 4) is 18.0 Å². The van der Waals surface area contributed by atoms with E-state index >= 15 is 0 Å². The van der Waals surface area contributed by atoms with E-state index in [1.807, 2.05) is 18.2 Å². The van der Waals surface area contributed by atoms with Gasteiger partial charge in [0, 0.05) is 17.6 Å². The van der Waals surface area contributed by atoms with Crippen LogP contribution in [0.2, 0.25) is 0 Å². The summed E-state index contributed by atoms with van der Waals surface area (Å²) in [7, 11) is 0. The zero-order valence-corrected chi connectivity index (χ0v) is 11.5. The Labute approximate surface area is 126 Å². The molecule has 0 saturated heterocycles. The van der Waals surface area contributed by atoms with Gasteiger partial charge in [-0.25, -0.2) is 8.78 Å². The quantitative estimate of drug-likeness (QED) is 0.547. The second-order valence-corrected chi connectivity index (χ2v) is 4.70. The van der Waals surface area contributed by atoms with E-state index in [-0.39, 0.29) is 5.46 Å². The minimum Gasteiger partial charge on any atom is -0.544 e. The second-order valence-electron chi connectivity index (χ2n) is 4.70. The average molecular weight is 293 g/mol. The Morgan fingerprint density at radius 2 is 1.77 bits per heavy atom. The van der Waals surface area contributed by atoms with E-state index in [0.29, 0.717) is 11.3 Å². The molecule has 2 nitrogen and oxygen atoms in total. The Hall–Kier alpha value is -2.87. The molecule has 3 aromatic rings. The van der Waals surface area contributed by atoms with Crippen molar-refractivity contribution >= 4 is 23.3 Å². The fraction of sp³-hybridized carbons (Fsp3) is 0. The molecular weight excluding hydrogens is 283 g/mol. The van der Waals surface area contributed by atoms with E-state index in [1.165, 1.54) is 0 Å². The fourth-order valence-corrected chi connectivity index (χ4v) is 2.22. The normalized spacial score (nSPS) is 10.2. The summed E-state index contributed by atoms with van der Waals surface area (Å²) >= 11 is 0. The smallest absolute Gasteiger partial charge is 0.480 e. The van der Waals surface area contributed by atoms with Gasteiger partial charge < -0.3 is 4.65 Å². The van der Waals surface area contributed by atoms with Gasteiger partial charge in [-0.1, -0.05) is 18.2 Å². The first-order valence-electron chi connectivity index (χ1n) is 6.60. The molecule has 3 rings (SSSR count). The molecule has 106 valence electrons. The number of terminal acetylenes is 1. The molecule has 1 heterocycles. The molecule has 0 aliphatic carbocycles. The van der Waals surface area contributed by atoms with E-state index in [4.69, 9.17) is 11.1 Å². The minimum atomic E-state index is -0.905. The van der Waals surface area contributed by atoms with Crippen LogP contribution in [0.5, 0.6) is 5.75 Å². The molecule has 0 N–H and O–H groups in total. The van der Waals surface area contributed by atoms with Crippen molar-refractivity contribution in [2.45, 2.75) is 0 Å². The van der Waals surface area contributed by atoms with Gasteiger partial charge in [-0.3, -0.25) is 4.98 Å². The van der Waals surface area contributed by atoms with E-state index < -0.39 is 18.6 Å². The van der Waals surface area contributed by atoms with Crippen molar-refractivity contribution < 1.29 is 13.4 Å². The zero-order chi connectivity index (χ0) is 15.5. The van der Waals surface area contributed by atoms with Gasteiger partial charge in [0.1, 0.15) is 22.9 Å². The molecular formula is C17H10BF2NO. The third-order valence-electron chi connectivity index (χ3n) is 3.18. The molecule has 0 aliphatic rings. The molecule has 0 unspecified atom stereocenters. The first-order valence-corrected chi connectivity index (χ1v) is 6.60. The predicted molar refractivity (Wildman–Crippen MR) is 83.0 cm³/mol. The first-order chi connectivity index (χ1) is 10.7. The lowest BCUT2D eigenvalue weighted by molar-refractivity contribution is 0.579. The molecule has 0 amide bonds. The number of hydrogen-bond acceptors (Lipinski definition) is 2. The summed E-state index contributed by atoms with van der Waals surface area (Å²) in [4.78, 5) is 4.26. The highest BCUT2D eigenvalue weighted by Gasteiger charge is 2.21. The number of pyridine rings is 1. The van der Waals surface area contributed by atoms with Crippen LogP contribution in [0.15, 0.2) is 54.7 Å². The third kappa shape index (κ3) is 2.77. The highest BCUT2D eigenvalue weighted by Crippen LogP contribution is 2.23. The summed E-state index contributed by atoms with van der Waals surface area (Å²) < 4.78 is 32.4. The molecule has 0 aliphatic heterocycles. The summed E-state index contributed by atoms with van der Waals surface area (Å²) in [5.74, 6) is 1.47. The molecule has 0 fully saturated rings. The number of para-hydroxylation sites is 1. The Morgan fingerprint density at radius 3 is 2.50 bits per heavy atom. The van der Waals surface area contributed by atoms with Crippen LogP contribution in [0.4, 0.5) is 8.78 Å². The molecule has 1 aromatic heterocycles. The monoisotopic (exact) mass is 293 g/mol. The van der Waals surface area contributed by atoms with Crippen molar-refractivity contribution in [2.24, 2.45) is 0 Å². The SMILES string of the molecule is C#CB(Oc1cccc2cccnc12)c1cc(F)cc(F)c1. The van der Waals surface area contributed by atoms with E-state index in [0.717, 1.165) is 23.6 Å². The lowest BCUT2D eigenvalue weighted by Crippen LogP contribution is -2.36. The molecule has 0 atom stereocenters. The third-order valence-corrected chi connectivity index (χ3v) is 3.18. The maximum absolute atomic E-state index is 13.3. The van der Waals surface area contributed by atoms with Crippen LogP contribution in [0.1, 0.15) is 0 Å². The van der Waals surface area contributed by atoms with E-state index in [1.54, 1.807) is 18.3 Å². The van der Waals surface area contributed by atoms with Gasteiger partial charge >= 0.3 is 6.92 Å². The van der Waals surface area contributed by atoms with Gasteiger partial charge in [0.25, 0.3) is 0 Å². The number of benzene rings is 2. The van der Waals surface area contributed by atoms with Crippen LogP contribution in [0.3, 0.4) is 0 Å². The average Bonchev–Trinajstić information content (AvgIpc) is 2.51. The van der Waals surface area contributed by atoms with Crippen LogP contribution in [0, 0.1) is 23.9 Å². The minimum absolute atomic E-state index is 0.243. The van der Waals surface area contributed by atoms with Crippen LogP contribution >= 0.6 is 0 Å². The van der Waals surface area contributed by atoms with Gasteiger partial charge in [0.15, 0.2) is 0 Å². The van der Waals surface area contributed by atoms with Gasteiger partial charge in [0.2, 0.25) is 0 Å². The van der Waals surface area contributed by atoms with Crippen molar-refractivity contribution in [1.29, 1.82) is 0 Å². The molecule has 2 aromatic carbocycles. The molecule has 0 bridgehead atoms. The maximum atomic E-state index is 13.3. The van der Waals surface area contributed by atoms with Gasteiger partial charge in [-0.15, -0.1) is 12.2 Å². The molecule has 5 heteroatoms. The summed E-state index contributed by atoms with van der Waals surface area (Å²) in [6.07, 6.45) is 7.10. The maximum Gasteiger partial charge on any atom is 0.480 e. The van der Waals surface area contributed by atoms with E-state index in [2.05, 4.69) is 10.8 Å². The van der Waals surface area contributed by atoms with Crippen molar-refractivity contribution in [1.82, 2.24) is 4.98 Å². The van der Waals surface area contributed by atoms with Gasteiger partial charge in [-0.2, -0.15) is 0 Å². The summed E-state index contributed by atoms with van der Waals surface area (Å²) in [6.45, 7) is -0.905. The number of nitrogens with zero attached hydrogens (tertiary/aromatic N) is 1. The Balaban J connectivity index is 2.00. The molecule has 0 spiro atoms. The van der Waals surface area contributed by atoms with Crippen molar-refractivity contribution in [3.63, 3.8) is 0 Å². The predicted octanol–water partition coefficient (Wildman–Crippen LogP) is 2.96. The fourth-order valence-electron chi connectivity index (χ4n) is 2.22. The van der Waals surface area contributed by atoms with Crippen LogP contribution in [0.25, 0.3) is 10.9 Å². The highest BCUT2D eigenvalue weighted by molar-refractivity contribution is 6.75. The molecule has 0 radical (unpaired) electrons. The standard InChI is InChI=1S/C17H10BF2NO/c1-2-18(13-9-14(19)11-15(20)10-13)22-16-7-3-5-12-6-4-8-21-17(12)16/h1,3-11H. The lowest BCUT2D eigenvalue weighted by Gasteiger charge is -2.13. The van der Waals surface area contributed by atoms with Crippen LogP contribution < -0.4 is 10.1 Å². The van der Waals surface area contributed by atoms with Crippen LogP contribution in [-0.4, -0.2) is 11.9 Å². The van der Waals surface area contributed by atoms with Gasteiger partial charge in [-0.05, 0) is 29.7 Å².